The van der Waals surface area contributed by atoms with Gasteiger partial charge in [-0.25, -0.2) is 0 Å². The highest BCUT2D eigenvalue weighted by atomic mass is 32.2. The molecule has 4 heteroatoms. The lowest BCUT2D eigenvalue weighted by Crippen LogP contribution is -2.37. The van der Waals surface area contributed by atoms with Gasteiger partial charge in [-0.15, -0.1) is 11.8 Å². The quantitative estimate of drug-likeness (QED) is 0.785. The fourth-order valence-electron chi connectivity index (χ4n) is 2.37. The van der Waals surface area contributed by atoms with E-state index in [2.05, 4.69) is 18.0 Å². The van der Waals surface area contributed by atoms with E-state index < -0.39 is 0 Å². The number of benzene rings is 1. The van der Waals surface area contributed by atoms with Crippen LogP contribution in [0.4, 0.5) is 5.69 Å². The van der Waals surface area contributed by atoms with Crippen molar-refractivity contribution in [2.45, 2.75) is 23.8 Å². The Balaban J connectivity index is 2.29. The minimum Gasteiger partial charge on any atom is -0.381 e. The molecule has 1 aliphatic heterocycles. The fraction of sp³-hybridized carbons (Fsp3) is 0.500. The van der Waals surface area contributed by atoms with Gasteiger partial charge in [0.25, 0.3) is 0 Å². The molecule has 0 N–H and O–H groups in total. The Kier molecular flexibility index (Phi) is 4.51. The summed E-state index contributed by atoms with van der Waals surface area (Å²) >= 11 is 1.62. The third-order valence-corrected chi connectivity index (χ3v) is 4.23. The highest BCUT2D eigenvalue weighted by Crippen LogP contribution is 2.30. The first-order valence-corrected chi connectivity index (χ1v) is 7.38. The summed E-state index contributed by atoms with van der Waals surface area (Å²) in [4.78, 5) is 3.29. The molecule has 96 valence electrons. The smallest absolute Gasteiger partial charge is 0.103 e. The van der Waals surface area contributed by atoms with Gasteiger partial charge in [-0.3, -0.25) is 0 Å². The zero-order valence-corrected chi connectivity index (χ0v) is 11.7. The van der Waals surface area contributed by atoms with Crippen LogP contribution in [0.2, 0.25) is 0 Å². The summed E-state index contributed by atoms with van der Waals surface area (Å²) in [7, 11) is 2.08. The molecule has 0 aliphatic carbocycles. The monoisotopic (exact) mass is 262 g/mol. The molecule has 3 nitrogen and oxygen atoms in total. The van der Waals surface area contributed by atoms with Crippen molar-refractivity contribution in [1.29, 1.82) is 5.26 Å². The number of thioether (sulfide) groups is 1. The molecule has 0 atom stereocenters. The van der Waals surface area contributed by atoms with Gasteiger partial charge in [0.1, 0.15) is 6.07 Å². The van der Waals surface area contributed by atoms with Gasteiger partial charge < -0.3 is 9.64 Å². The van der Waals surface area contributed by atoms with Gasteiger partial charge in [-0.1, -0.05) is 6.07 Å². The van der Waals surface area contributed by atoms with Gasteiger partial charge in [0.15, 0.2) is 0 Å². The predicted octanol–water partition coefficient (Wildman–Crippen LogP) is 2.90. The molecule has 1 saturated heterocycles. The molecule has 0 spiro atoms. The van der Waals surface area contributed by atoms with Crippen molar-refractivity contribution in [3.8, 4) is 6.07 Å². The fourth-order valence-corrected chi connectivity index (χ4v) is 2.93. The Morgan fingerprint density at radius 3 is 2.72 bits per heavy atom. The van der Waals surface area contributed by atoms with Crippen molar-refractivity contribution < 1.29 is 4.74 Å². The maximum absolute atomic E-state index is 9.36. The largest absolute Gasteiger partial charge is 0.381 e. The second kappa shape index (κ2) is 6.12. The summed E-state index contributed by atoms with van der Waals surface area (Å²) in [6.45, 7) is 1.64. The molecule has 0 saturated carbocycles. The average molecular weight is 262 g/mol. The Labute approximate surface area is 113 Å². The lowest BCUT2D eigenvalue weighted by Gasteiger charge is -2.33. The minimum absolute atomic E-state index is 0.475. The van der Waals surface area contributed by atoms with Crippen LogP contribution in [0.1, 0.15) is 18.4 Å². The molecule has 0 bridgehead atoms. The number of hydrogen-bond donors (Lipinski definition) is 0. The Morgan fingerprint density at radius 1 is 1.39 bits per heavy atom. The second-order valence-electron chi connectivity index (χ2n) is 4.42. The summed E-state index contributed by atoms with van der Waals surface area (Å²) in [5, 5.41) is 9.36. The molecule has 1 aromatic rings. The topological polar surface area (TPSA) is 36.3 Å². The van der Waals surface area contributed by atoms with Crippen molar-refractivity contribution in [3.63, 3.8) is 0 Å². The number of nitriles is 1. The third kappa shape index (κ3) is 2.63. The number of anilines is 1. The molecule has 0 radical (unpaired) electrons. The normalized spacial score (nSPS) is 16.3. The molecule has 0 aromatic heterocycles. The number of rotatable bonds is 3. The number of hydrogen-bond acceptors (Lipinski definition) is 4. The van der Waals surface area contributed by atoms with Crippen LogP contribution in [0.15, 0.2) is 23.1 Å². The molecule has 1 aromatic carbocycles. The van der Waals surface area contributed by atoms with E-state index in [1.54, 1.807) is 11.8 Å². The van der Waals surface area contributed by atoms with Crippen LogP contribution < -0.4 is 4.90 Å². The lowest BCUT2D eigenvalue weighted by molar-refractivity contribution is 0.0855. The summed E-state index contributed by atoms with van der Waals surface area (Å²) in [6.07, 6.45) is 4.07. The van der Waals surface area contributed by atoms with Crippen molar-refractivity contribution in [2.75, 3.05) is 31.4 Å². The number of nitrogens with zero attached hydrogens (tertiary/aromatic N) is 2. The first-order valence-electron chi connectivity index (χ1n) is 6.15. The SMILES string of the molecule is CSc1cccc(N(C)C2CCOCC2)c1C#N. The highest BCUT2D eigenvalue weighted by Gasteiger charge is 2.21. The molecule has 2 rings (SSSR count). The summed E-state index contributed by atoms with van der Waals surface area (Å²) in [5.41, 5.74) is 1.83. The first-order chi connectivity index (χ1) is 8.77. The van der Waals surface area contributed by atoms with Gasteiger partial charge in [-0.2, -0.15) is 5.26 Å². The molecule has 0 unspecified atom stereocenters. The van der Waals surface area contributed by atoms with E-state index in [1.165, 1.54) is 0 Å². The van der Waals surface area contributed by atoms with E-state index in [0.717, 1.165) is 42.2 Å². The molecular formula is C14H18N2OS. The Bertz CT molecular complexity index is 450. The predicted molar refractivity (Wildman–Crippen MR) is 75.2 cm³/mol. The van der Waals surface area contributed by atoms with Crippen LogP contribution in [0.5, 0.6) is 0 Å². The number of ether oxygens (including phenoxy) is 1. The van der Waals surface area contributed by atoms with E-state index in [1.807, 2.05) is 24.5 Å². The standard InChI is InChI=1S/C14H18N2OS/c1-16(11-6-8-17-9-7-11)13-4-3-5-14(18-2)12(13)10-15/h3-5,11H,6-9H2,1-2H3. The molecule has 1 aliphatic rings. The van der Waals surface area contributed by atoms with E-state index in [4.69, 9.17) is 4.74 Å². The zero-order chi connectivity index (χ0) is 13.0. The molecule has 0 amide bonds. The summed E-state index contributed by atoms with van der Waals surface area (Å²) < 4.78 is 5.39. The average Bonchev–Trinajstić information content (AvgIpc) is 2.46. The summed E-state index contributed by atoms with van der Waals surface area (Å²) in [6, 6.07) is 8.88. The van der Waals surface area contributed by atoms with Crippen LogP contribution in [0, 0.1) is 11.3 Å². The second-order valence-corrected chi connectivity index (χ2v) is 5.27. The van der Waals surface area contributed by atoms with Crippen LogP contribution in [-0.2, 0) is 4.74 Å². The molecule has 1 fully saturated rings. The van der Waals surface area contributed by atoms with Gasteiger partial charge in [0, 0.05) is 31.2 Å². The Hall–Kier alpha value is -1.18. The zero-order valence-electron chi connectivity index (χ0n) is 10.8. The van der Waals surface area contributed by atoms with Gasteiger partial charge in [0.05, 0.1) is 11.3 Å². The maximum Gasteiger partial charge on any atom is 0.103 e. The van der Waals surface area contributed by atoms with Crippen molar-refractivity contribution in [2.24, 2.45) is 0 Å². The Morgan fingerprint density at radius 2 is 2.11 bits per heavy atom. The molecule has 1 heterocycles. The van der Waals surface area contributed by atoms with Gasteiger partial charge in [-0.05, 0) is 31.2 Å². The van der Waals surface area contributed by atoms with Crippen LogP contribution in [-0.4, -0.2) is 32.6 Å². The van der Waals surface area contributed by atoms with Crippen molar-refractivity contribution >= 4 is 17.4 Å². The van der Waals surface area contributed by atoms with E-state index in [0.29, 0.717) is 6.04 Å². The van der Waals surface area contributed by atoms with Crippen molar-refractivity contribution in [1.82, 2.24) is 0 Å². The third-order valence-electron chi connectivity index (χ3n) is 3.45. The van der Waals surface area contributed by atoms with Gasteiger partial charge >= 0.3 is 0 Å². The molecule has 18 heavy (non-hydrogen) atoms. The van der Waals surface area contributed by atoms with Crippen LogP contribution in [0.3, 0.4) is 0 Å². The van der Waals surface area contributed by atoms with Crippen LogP contribution >= 0.6 is 11.8 Å². The van der Waals surface area contributed by atoms with E-state index in [-0.39, 0.29) is 0 Å². The molecular weight excluding hydrogens is 244 g/mol. The highest BCUT2D eigenvalue weighted by molar-refractivity contribution is 7.98. The lowest BCUT2D eigenvalue weighted by atomic mass is 10.1. The van der Waals surface area contributed by atoms with Crippen LogP contribution in [0.25, 0.3) is 0 Å². The van der Waals surface area contributed by atoms with Gasteiger partial charge in [0.2, 0.25) is 0 Å². The summed E-state index contributed by atoms with van der Waals surface area (Å²) in [5.74, 6) is 0. The minimum atomic E-state index is 0.475. The van der Waals surface area contributed by atoms with Crippen molar-refractivity contribution in [3.05, 3.63) is 23.8 Å². The van der Waals surface area contributed by atoms with E-state index in [9.17, 15) is 5.26 Å². The first kappa shape index (κ1) is 13.3. The van der Waals surface area contributed by atoms with E-state index >= 15 is 0 Å². The maximum atomic E-state index is 9.36.